The predicted molar refractivity (Wildman–Crippen MR) is 35.8 cm³/mol. The zero-order chi connectivity index (χ0) is 4.50. The molecule has 0 spiro atoms. The summed E-state index contributed by atoms with van der Waals surface area (Å²) < 4.78 is 0. The first kappa shape index (κ1) is 22.4. The summed E-state index contributed by atoms with van der Waals surface area (Å²) in [4.78, 5) is 29.3. The zero-order valence-corrected chi connectivity index (χ0v) is 4.63. The molecule has 3 radical (unpaired) electrons. The molecule has 0 amide bonds. The van der Waals surface area contributed by atoms with E-state index in [0.717, 1.165) is 0 Å². The van der Waals surface area contributed by atoms with Crippen LogP contribution in [0.25, 0.3) is 0 Å². The van der Waals surface area contributed by atoms with Gasteiger partial charge in [0.15, 0.2) is 0 Å². The Hall–Kier alpha value is 2.49. The molecule has 0 aliphatic carbocycles. The molecule has 41 valence electrons. The molecule has 0 fully saturated rings. The quantitative estimate of drug-likeness (QED) is 0.233. The van der Waals surface area contributed by atoms with Crippen LogP contribution >= 0.6 is 9.90 Å². The van der Waals surface area contributed by atoms with Crippen molar-refractivity contribution in [1.82, 2.24) is 0 Å². The van der Waals surface area contributed by atoms with E-state index in [1.807, 2.05) is 0 Å². The molecule has 0 aromatic rings. The molecule has 4 N–H and O–H groups in total. The first-order valence-corrected chi connectivity index (χ1v) is 2.68. The van der Waals surface area contributed by atoms with Gasteiger partial charge in [-0.2, -0.15) is 0 Å². The Morgan fingerprint density at radius 2 is 0.750 bits per heavy atom. The topological polar surface area (TPSA) is 80.9 Å². The van der Waals surface area contributed by atoms with Gasteiger partial charge in [0.2, 0.25) is 0 Å². The molecule has 4 nitrogen and oxygen atoms in total. The van der Waals surface area contributed by atoms with E-state index in [1.165, 1.54) is 0 Å². The molecule has 0 aromatic carbocycles. The Bertz CT molecular complexity index is 29.5. The Kier molecular flexibility index (Phi) is 26.6. The molecule has 0 rings (SSSR count). The van der Waals surface area contributed by atoms with Crippen LogP contribution in [0.5, 0.6) is 0 Å². The Morgan fingerprint density at radius 3 is 0.750 bits per heavy atom. The van der Waals surface area contributed by atoms with E-state index in [-0.39, 0.29) is 69.0 Å². The van der Waals surface area contributed by atoms with Gasteiger partial charge in [0.25, 0.3) is 0 Å². The molecule has 8 heavy (non-hydrogen) atoms. The molecule has 0 bridgehead atoms. The normalized spacial score (nSPS) is 7.50. The summed E-state index contributed by atoms with van der Waals surface area (Å²) in [6.07, 6.45) is 0. The second-order valence-corrected chi connectivity index (χ2v) is 1.80. The predicted octanol–water partition coefficient (Wildman–Crippen LogP) is -3.04. The smallest absolute Gasteiger partial charge is 0 e. The van der Waals surface area contributed by atoms with Crippen LogP contribution in [0.4, 0.5) is 0 Å². The van der Waals surface area contributed by atoms with Crippen molar-refractivity contribution in [3.63, 3.8) is 0 Å². The van der Waals surface area contributed by atoms with Gasteiger partial charge in [0.05, 0.1) is 0 Å². The standard InChI is InChI=1S/2Na.H4O4Si.P.2H/c;;1-5(2,3)4;;;/h;;1-4H;;;. The number of hydrogen-bond acceptors (Lipinski definition) is 4. The molecular weight excluding hydrogens is 169 g/mol. The van der Waals surface area contributed by atoms with Crippen molar-refractivity contribution in [3.8, 4) is 0 Å². The van der Waals surface area contributed by atoms with Gasteiger partial charge in [0.1, 0.15) is 0 Å². The second kappa shape index (κ2) is 9.49. The summed E-state index contributed by atoms with van der Waals surface area (Å²) in [6.45, 7) is 0. The van der Waals surface area contributed by atoms with Gasteiger partial charge in [-0.15, -0.1) is 0 Å². The molecule has 0 heterocycles. The summed E-state index contributed by atoms with van der Waals surface area (Å²) in [5, 5.41) is 0. The van der Waals surface area contributed by atoms with Crippen LogP contribution in [0.2, 0.25) is 0 Å². The molecule has 0 unspecified atom stereocenters. The Labute approximate surface area is 96.0 Å². The van der Waals surface area contributed by atoms with Gasteiger partial charge in [0, 0.05) is 9.90 Å². The summed E-state index contributed by atoms with van der Waals surface area (Å²) >= 11 is 0. The van der Waals surface area contributed by atoms with E-state index >= 15 is 0 Å². The molecule has 0 saturated carbocycles. The maximum atomic E-state index is 7.33. The van der Waals surface area contributed by atoms with Crippen molar-refractivity contribution in [2.45, 2.75) is 0 Å². The molecule has 0 aromatic heterocycles. The Morgan fingerprint density at radius 1 is 0.750 bits per heavy atom. The fourth-order valence-corrected chi connectivity index (χ4v) is 0. The van der Waals surface area contributed by atoms with Gasteiger partial charge in [-0.3, -0.25) is 0 Å². The Balaban J connectivity index is -0.0000000267. The van der Waals surface area contributed by atoms with Crippen LogP contribution in [0.15, 0.2) is 0 Å². The van der Waals surface area contributed by atoms with Crippen molar-refractivity contribution >= 4 is 78.1 Å². The van der Waals surface area contributed by atoms with Crippen LogP contribution in [-0.2, 0) is 0 Å². The van der Waals surface area contributed by atoms with Crippen molar-refractivity contribution in [3.05, 3.63) is 0 Å². The third-order valence-electron chi connectivity index (χ3n) is 0. The van der Waals surface area contributed by atoms with Gasteiger partial charge in [-0.1, -0.05) is 0 Å². The van der Waals surface area contributed by atoms with Gasteiger partial charge < -0.3 is 19.2 Å². The first-order valence-electron chi connectivity index (χ1n) is 0.894. The van der Waals surface area contributed by atoms with Gasteiger partial charge >= 0.3 is 68.2 Å². The maximum Gasteiger partial charge on any atom is 0 e. The molecule has 0 saturated heterocycles. The first-order chi connectivity index (χ1) is 2.00. The van der Waals surface area contributed by atoms with E-state index in [0.29, 0.717) is 0 Å². The minimum absolute atomic E-state index is 0. The summed E-state index contributed by atoms with van der Waals surface area (Å²) in [6, 6.07) is 0. The fourth-order valence-electron chi connectivity index (χ4n) is 0. The monoisotopic (exact) mass is 175 g/mol. The molecule has 8 heteroatoms. The van der Waals surface area contributed by atoms with E-state index in [4.69, 9.17) is 19.2 Å². The molecular formula is H6Na2O4PSi. The maximum absolute atomic E-state index is 7.33. The number of hydrogen-bond donors (Lipinski definition) is 4. The summed E-state index contributed by atoms with van der Waals surface area (Å²) in [7, 11) is -4.61. The van der Waals surface area contributed by atoms with Crippen LogP contribution in [0.1, 0.15) is 0 Å². The average molecular weight is 175 g/mol. The third-order valence-corrected chi connectivity index (χ3v) is 0. The van der Waals surface area contributed by atoms with E-state index < -0.39 is 9.05 Å². The molecule has 0 aliphatic rings. The zero-order valence-electron chi connectivity index (χ0n) is 2.74. The SMILES string of the molecule is O[Si](O)(O)O.[NaH].[NaH].[P]. The summed E-state index contributed by atoms with van der Waals surface area (Å²) in [5.74, 6) is 0. The van der Waals surface area contributed by atoms with Crippen molar-refractivity contribution < 1.29 is 19.2 Å². The third kappa shape index (κ3) is 76.9. The van der Waals surface area contributed by atoms with Crippen molar-refractivity contribution in [2.24, 2.45) is 0 Å². The van der Waals surface area contributed by atoms with Crippen LogP contribution in [-0.4, -0.2) is 87.3 Å². The second-order valence-electron chi connectivity index (χ2n) is 0.600. The van der Waals surface area contributed by atoms with Crippen molar-refractivity contribution in [2.75, 3.05) is 0 Å². The van der Waals surface area contributed by atoms with Crippen LogP contribution in [0.3, 0.4) is 0 Å². The van der Waals surface area contributed by atoms with E-state index in [1.54, 1.807) is 0 Å². The minimum Gasteiger partial charge on any atom is 0 e. The molecule has 0 atom stereocenters. The van der Waals surface area contributed by atoms with Crippen LogP contribution < -0.4 is 0 Å². The van der Waals surface area contributed by atoms with E-state index in [2.05, 4.69) is 0 Å². The fraction of sp³-hybridized carbons (Fsp3) is 0. The van der Waals surface area contributed by atoms with E-state index in [9.17, 15) is 0 Å². The van der Waals surface area contributed by atoms with Gasteiger partial charge in [-0.05, 0) is 0 Å². The van der Waals surface area contributed by atoms with Crippen molar-refractivity contribution in [1.29, 1.82) is 0 Å². The number of rotatable bonds is 0. The summed E-state index contributed by atoms with van der Waals surface area (Å²) in [5.41, 5.74) is 0. The average Bonchev–Trinajstić information content (AvgIpc) is 0.722. The molecule has 0 aliphatic heterocycles. The van der Waals surface area contributed by atoms with Crippen LogP contribution in [0, 0.1) is 0 Å². The largest absolute Gasteiger partial charge is 0 e. The van der Waals surface area contributed by atoms with Gasteiger partial charge in [-0.25, -0.2) is 0 Å². The minimum atomic E-state index is -4.61.